The van der Waals surface area contributed by atoms with E-state index in [2.05, 4.69) is 22.2 Å². The van der Waals surface area contributed by atoms with E-state index in [1.807, 2.05) is 22.7 Å². The van der Waals surface area contributed by atoms with Crippen molar-refractivity contribution >= 4 is 16.3 Å². The van der Waals surface area contributed by atoms with Gasteiger partial charge in [-0.1, -0.05) is 24.7 Å². The zero-order valence-electron chi connectivity index (χ0n) is 12.9. The molecule has 116 valence electrons. The van der Waals surface area contributed by atoms with Gasteiger partial charge in [0.15, 0.2) is 5.82 Å². The predicted octanol–water partition coefficient (Wildman–Crippen LogP) is 3.21. The Morgan fingerprint density at radius 1 is 1.09 bits per heavy atom. The Kier molecular flexibility index (Phi) is 4.24. The van der Waals surface area contributed by atoms with Crippen molar-refractivity contribution in [2.24, 2.45) is 0 Å². The van der Waals surface area contributed by atoms with Crippen molar-refractivity contribution in [3.05, 3.63) is 24.0 Å². The normalized spacial score (nSPS) is 11.0. The number of aromatic nitrogens is 4. The number of methoxy groups -OCH3 is 2. The molecule has 0 atom stereocenters. The molecule has 0 aliphatic carbocycles. The summed E-state index contributed by atoms with van der Waals surface area (Å²) in [7, 11) is 3.28. The maximum atomic E-state index is 5.31. The molecule has 7 heteroatoms. The van der Waals surface area contributed by atoms with Crippen LogP contribution in [0.5, 0.6) is 11.5 Å². The lowest BCUT2D eigenvalue weighted by Crippen LogP contribution is -1.96. The van der Waals surface area contributed by atoms with Gasteiger partial charge in [-0.2, -0.15) is 9.61 Å². The van der Waals surface area contributed by atoms with E-state index in [0.29, 0.717) is 0 Å². The van der Waals surface area contributed by atoms with E-state index < -0.39 is 0 Å². The van der Waals surface area contributed by atoms with E-state index in [9.17, 15) is 0 Å². The number of hydrogen-bond acceptors (Lipinski definition) is 6. The second kappa shape index (κ2) is 6.31. The third kappa shape index (κ3) is 2.76. The molecule has 0 unspecified atom stereocenters. The number of nitrogens with zero attached hydrogens (tertiary/aromatic N) is 4. The Morgan fingerprint density at radius 3 is 2.45 bits per heavy atom. The summed E-state index contributed by atoms with van der Waals surface area (Å²) in [5, 5.41) is 13.9. The Balaban J connectivity index is 2.01. The zero-order valence-corrected chi connectivity index (χ0v) is 13.7. The van der Waals surface area contributed by atoms with Gasteiger partial charge < -0.3 is 9.47 Å². The SMILES string of the molecule is CCCCc1nnc2sc(-c3cc(OC)cc(OC)c3)nn12. The molecule has 0 radical (unpaired) electrons. The molecule has 0 saturated heterocycles. The van der Waals surface area contributed by atoms with Gasteiger partial charge in [-0.05, 0) is 18.6 Å². The van der Waals surface area contributed by atoms with Crippen molar-refractivity contribution in [2.75, 3.05) is 14.2 Å². The Morgan fingerprint density at radius 2 is 1.82 bits per heavy atom. The molecule has 3 rings (SSSR count). The lowest BCUT2D eigenvalue weighted by Gasteiger charge is -2.06. The molecule has 0 saturated carbocycles. The minimum Gasteiger partial charge on any atom is -0.497 e. The van der Waals surface area contributed by atoms with Gasteiger partial charge in [0.25, 0.3) is 0 Å². The largest absolute Gasteiger partial charge is 0.497 e. The first-order valence-electron chi connectivity index (χ1n) is 7.19. The molecule has 0 fully saturated rings. The topological polar surface area (TPSA) is 61.5 Å². The first-order valence-corrected chi connectivity index (χ1v) is 8.01. The Bertz CT molecular complexity index is 759. The molecule has 2 heterocycles. The van der Waals surface area contributed by atoms with Crippen LogP contribution in [-0.2, 0) is 6.42 Å². The number of benzene rings is 1. The van der Waals surface area contributed by atoms with Crippen LogP contribution in [-0.4, -0.2) is 34.0 Å². The van der Waals surface area contributed by atoms with Gasteiger partial charge in [-0.3, -0.25) is 0 Å². The van der Waals surface area contributed by atoms with Crippen LogP contribution in [0.15, 0.2) is 18.2 Å². The van der Waals surface area contributed by atoms with Crippen LogP contribution in [0, 0.1) is 0 Å². The summed E-state index contributed by atoms with van der Waals surface area (Å²) < 4.78 is 12.5. The van der Waals surface area contributed by atoms with Crippen molar-refractivity contribution in [3.8, 4) is 22.1 Å². The number of ether oxygens (including phenoxy) is 2. The Labute approximate surface area is 132 Å². The zero-order chi connectivity index (χ0) is 15.5. The fourth-order valence-corrected chi connectivity index (χ4v) is 3.04. The van der Waals surface area contributed by atoms with Crippen molar-refractivity contribution in [2.45, 2.75) is 26.2 Å². The standard InChI is InChI=1S/C15H18N4O2S/c1-4-5-6-13-16-17-15-19(13)18-14(22-15)10-7-11(20-2)9-12(8-10)21-3/h7-9H,4-6H2,1-3H3. The fourth-order valence-electron chi connectivity index (χ4n) is 2.20. The molecule has 0 spiro atoms. The third-order valence-corrected chi connectivity index (χ3v) is 4.36. The second-order valence-corrected chi connectivity index (χ2v) is 5.88. The lowest BCUT2D eigenvalue weighted by molar-refractivity contribution is 0.394. The summed E-state index contributed by atoms with van der Waals surface area (Å²) in [5.74, 6) is 2.40. The average Bonchev–Trinajstić information content (AvgIpc) is 3.13. The highest BCUT2D eigenvalue weighted by Crippen LogP contribution is 2.32. The minimum atomic E-state index is 0.742. The summed E-state index contributed by atoms with van der Waals surface area (Å²) >= 11 is 1.51. The number of unbranched alkanes of at least 4 members (excludes halogenated alkanes) is 1. The van der Waals surface area contributed by atoms with E-state index in [-0.39, 0.29) is 0 Å². The molecule has 2 aromatic heterocycles. The van der Waals surface area contributed by atoms with Crippen molar-refractivity contribution in [1.29, 1.82) is 0 Å². The van der Waals surface area contributed by atoms with Crippen molar-refractivity contribution < 1.29 is 9.47 Å². The molecule has 22 heavy (non-hydrogen) atoms. The van der Waals surface area contributed by atoms with Crippen LogP contribution < -0.4 is 9.47 Å². The molecule has 0 amide bonds. The molecule has 0 aliphatic heterocycles. The summed E-state index contributed by atoms with van der Waals surface area (Å²) in [6, 6.07) is 5.73. The summed E-state index contributed by atoms with van der Waals surface area (Å²) in [5.41, 5.74) is 0.952. The molecular weight excluding hydrogens is 300 g/mol. The quantitative estimate of drug-likeness (QED) is 0.698. The molecule has 0 bridgehead atoms. The van der Waals surface area contributed by atoms with Crippen LogP contribution in [0.25, 0.3) is 15.5 Å². The monoisotopic (exact) mass is 318 g/mol. The summed E-state index contributed by atoms with van der Waals surface area (Å²) in [6.45, 7) is 2.16. The molecular formula is C15H18N4O2S. The van der Waals surface area contributed by atoms with E-state index in [0.717, 1.165) is 52.1 Å². The van der Waals surface area contributed by atoms with Crippen LogP contribution in [0.2, 0.25) is 0 Å². The fraction of sp³-hybridized carbons (Fsp3) is 0.400. The van der Waals surface area contributed by atoms with Crippen LogP contribution in [0.3, 0.4) is 0 Å². The number of aryl methyl sites for hydroxylation is 1. The molecule has 0 aliphatic rings. The lowest BCUT2D eigenvalue weighted by atomic mass is 10.2. The molecule has 6 nitrogen and oxygen atoms in total. The van der Waals surface area contributed by atoms with E-state index in [1.54, 1.807) is 14.2 Å². The first kappa shape index (κ1) is 14.8. The highest BCUT2D eigenvalue weighted by Gasteiger charge is 2.14. The average molecular weight is 318 g/mol. The van der Waals surface area contributed by atoms with Gasteiger partial charge in [-0.15, -0.1) is 10.2 Å². The van der Waals surface area contributed by atoms with Gasteiger partial charge in [0.2, 0.25) is 4.96 Å². The van der Waals surface area contributed by atoms with Gasteiger partial charge in [-0.25, -0.2) is 0 Å². The number of rotatable bonds is 6. The van der Waals surface area contributed by atoms with Gasteiger partial charge in [0.1, 0.15) is 16.5 Å². The first-order chi connectivity index (χ1) is 10.7. The highest BCUT2D eigenvalue weighted by molar-refractivity contribution is 7.19. The van der Waals surface area contributed by atoms with E-state index in [1.165, 1.54) is 11.3 Å². The smallest absolute Gasteiger partial charge is 0.234 e. The highest BCUT2D eigenvalue weighted by atomic mass is 32.1. The molecule has 1 aromatic carbocycles. The molecule has 3 aromatic rings. The van der Waals surface area contributed by atoms with Crippen molar-refractivity contribution in [3.63, 3.8) is 0 Å². The summed E-state index contributed by atoms with van der Waals surface area (Å²) in [4.78, 5) is 0.808. The van der Waals surface area contributed by atoms with Gasteiger partial charge >= 0.3 is 0 Å². The number of hydrogen-bond donors (Lipinski definition) is 0. The molecule has 0 N–H and O–H groups in total. The third-order valence-electron chi connectivity index (χ3n) is 3.41. The van der Waals surface area contributed by atoms with E-state index >= 15 is 0 Å². The van der Waals surface area contributed by atoms with Crippen molar-refractivity contribution in [1.82, 2.24) is 19.8 Å². The van der Waals surface area contributed by atoms with E-state index in [4.69, 9.17) is 9.47 Å². The van der Waals surface area contributed by atoms with Crippen LogP contribution in [0.1, 0.15) is 25.6 Å². The maximum Gasteiger partial charge on any atom is 0.234 e. The van der Waals surface area contributed by atoms with Gasteiger partial charge in [0, 0.05) is 18.1 Å². The maximum absolute atomic E-state index is 5.31. The Hall–Kier alpha value is -2.15. The van der Waals surface area contributed by atoms with Gasteiger partial charge in [0.05, 0.1) is 14.2 Å². The van der Waals surface area contributed by atoms with Crippen LogP contribution in [0.4, 0.5) is 0 Å². The predicted molar refractivity (Wildman–Crippen MR) is 85.8 cm³/mol. The minimum absolute atomic E-state index is 0.742. The summed E-state index contributed by atoms with van der Waals surface area (Å²) in [6.07, 6.45) is 3.10. The van der Waals surface area contributed by atoms with Crippen LogP contribution >= 0.6 is 11.3 Å². The second-order valence-electron chi connectivity index (χ2n) is 4.92. The number of fused-ring (bicyclic) bond motifs is 1.